The molecule has 0 saturated heterocycles. The first kappa shape index (κ1) is 15.7. The lowest BCUT2D eigenvalue weighted by atomic mass is 10.1. The molecule has 0 aliphatic rings. The summed E-state index contributed by atoms with van der Waals surface area (Å²) in [6, 6.07) is 5.87. The van der Waals surface area contributed by atoms with Gasteiger partial charge in [0.1, 0.15) is 11.9 Å². The number of aliphatic hydroxyl groups is 2. The molecule has 7 heteroatoms. The second kappa shape index (κ2) is 6.84. The van der Waals surface area contributed by atoms with Gasteiger partial charge in [0.05, 0.1) is 18.0 Å². The van der Waals surface area contributed by atoms with E-state index in [0.29, 0.717) is 11.3 Å². The molecule has 112 valence electrons. The molecule has 0 spiro atoms. The van der Waals surface area contributed by atoms with Crippen molar-refractivity contribution >= 4 is 16.9 Å². The van der Waals surface area contributed by atoms with Gasteiger partial charge >= 0.3 is 0 Å². The van der Waals surface area contributed by atoms with E-state index >= 15 is 0 Å². The van der Waals surface area contributed by atoms with Gasteiger partial charge in [-0.05, 0) is 18.2 Å². The average molecular weight is 310 g/mol. The minimum atomic E-state index is -1.15. The molecule has 1 aromatic heterocycles. The highest BCUT2D eigenvalue weighted by Gasteiger charge is 2.20. The van der Waals surface area contributed by atoms with Gasteiger partial charge < -0.3 is 10.2 Å². The standard InChI is InChI=1S/C14H15FN2O3S/c1-9(18)21-8-13(19)14(20)10-6-16-17(7-10)12-4-2-3-11(15)5-12/h2-7,13-14,19-20H,8H2,1H3. The molecule has 2 N–H and O–H groups in total. The van der Waals surface area contributed by atoms with E-state index in [9.17, 15) is 19.4 Å². The molecule has 1 aromatic carbocycles. The maximum atomic E-state index is 13.2. The SMILES string of the molecule is CC(=O)SCC(O)C(O)c1cnn(-c2cccc(F)c2)c1. The molecule has 21 heavy (non-hydrogen) atoms. The summed E-state index contributed by atoms with van der Waals surface area (Å²) in [5, 5.41) is 23.7. The molecule has 2 atom stereocenters. The van der Waals surface area contributed by atoms with Gasteiger partial charge in [-0.1, -0.05) is 17.8 Å². The molecule has 0 bridgehead atoms. The van der Waals surface area contributed by atoms with Crippen LogP contribution in [0.1, 0.15) is 18.6 Å². The Morgan fingerprint density at radius 2 is 2.24 bits per heavy atom. The van der Waals surface area contributed by atoms with Crippen LogP contribution in [0.15, 0.2) is 36.7 Å². The zero-order chi connectivity index (χ0) is 15.4. The number of carbonyl (C=O) groups is 1. The van der Waals surface area contributed by atoms with Crippen molar-refractivity contribution in [3.63, 3.8) is 0 Å². The number of halogens is 1. The van der Waals surface area contributed by atoms with Crippen molar-refractivity contribution in [2.75, 3.05) is 5.75 Å². The number of rotatable bonds is 5. The van der Waals surface area contributed by atoms with E-state index in [1.807, 2.05) is 0 Å². The maximum Gasteiger partial charge on any atom is 0.185 e. The summed E-state index contributed by atoms with van der Waals surface area (Å²) in [7, 11) is 0. The summed E-state index contributed by atoms with van der Waals surface area (Å²) < 4.78 is 14.6. The third-order valence-corrected chi connectivity index (χ3v) is 3.75. The molecule has 2 rings (SSSR count). The summed E-state index contributed by atoms with van der Waals surface area (Å²) in [6.45, 7) is 1.39. The van der Waals surface area contributed by atoms with Crippen molar-refractivity contribution in [2.45, 2.75) is 19.1 Å². The van der Waals surface area contributed by atoms with Crippen LogP contribution in [-0.2, 0) is 4.79 Å². The molecule has 0 aliphatic heterocycles. The van der Waals surface area contributed by atoms with Gasteiger partial charge in [-0.15, -0.1) is 0 Å². The highest BCUT2D eigenvalue weighted by Crippen LogP contribution is 2.21. The molecule has 5 nitrogen and oxygen atoms in total. The summed E-state index contributed by atoms with van der Waals surface area (Å²) in [6.07, 6.45) is 0.682. The van der Waals surface area contributed by atoms with Crippen LogP contribution >= 0.6 is 11.8 Å². The summed E-state index contributed by atoms with van der Waals surface area (Å²) in [5.41, 5.74) is 0.914. The summed E-state index contributed by atoms with van der Waals surface area (Å²) >= 11 is 0.942. The topological polar surface area (TPSA) is 75.3 Å². The Balaban J connectivity index is 2.10. The monoisotopic (exact) mass is 310 g/mol. The fourth-order valence-electron chi connectivity index (χ4n) is 1.77. The van der Waals surface area contributed by atoms with Crippen molar-refractivity contribution < 1.29 is 19.4 Å². The van der Waals surface area contributed by atoms with Gasteiger partial charge in [-0.25, -0.2) is 9.07 Å². The van der Waals surface area contributed by atoms with Gasteiger partial charge in [-0.3, -0.25) is 4.79 Å². The Hall–Kier alpha value is -1.70. The zero-order valence-corrected chi connectivity index (χ0v) is 12.1. The molecular formula is C14H15FN2O3S. The fourth-order valence-corrected chi connectivity index (χ4v) is 2.35. The first-order chi connectivity index (χ1) is 9.97. The van der Waals surface area contributed by atoms with Crippen LogP contribution in [0.5, 0.6) is 0 Å². The Morgan fingerprint density at radius 3 is 2.90 bits per heavy atom. The molecule has 2 aromatic rings. The average Bonchev–Trinajstić information content (AvgIpc) is 2.93. The van der Waals surface area contributed by atoms with E-state index in [4.69, 9.17) is 0 Å². The third kappa shape index (κ3) is 4.13. The van der Waals surface area contributed by atoms with Crippen LogP contribution in [0.2, 0.25) is 0 Å². The van der Waals surface area contributed by atoms with E-state index in [1.54, 1.807) is 12.1 Å². The number of hydrogen-bond donors (Lipinski definition) is 2. The second-order valence-corrected chi connectivity index (χ2v) is 5.71. The number of thioether (sulfide) groups is 1. The quantitative estimate of drug-likeness (QED) is 0.879. The molecule has 2 unspecified atom stereocenters. The van der Waals surface area contributed by atoms with Crippen LogP contribution in [0, 0.1) is 5.82 Å². The van der Waals surface area contributed by atoms with Crippen molar-refractivity contribution in [1.82, 2.24) is 9.78 Å². The predicted octanol–water partition coefficient (Wildman–Crippen LogP) is 1.69. The lowest BCUT2D eigenvalue weighted by Gasteiger charge is -2.15. The highest BCUT2D eigenvalue weighted by molar-refractivity contribution is 8.13. The minimum Gasteiger partial charge on any atom is -0.389 e. The third-order valence-electron chi connectivity index (χ3n) is 2.84. The number of carbonyl (C=O) groups excluding carboxylic acids is 1. The van der Waals surface area contributed by atoms with E-state index in [0.717, 1.165) is 11.8 Å². The second-order valence-electron chi connectivity index (χ2n) is 4.51. The van der Waals surface area contributed by atoms with Crippen LogP contribution in [0.25, 0.3) is 5.69 Å². The molecule has 0 aliphatic carbocycles. The van der Waals surface area contributed by atoms with Crippen LogP contribution in [0.3, 0.4) is 0 Å². The Kier molecular flexibility index (Phi) is 5.11. The smallest absolute Gasteiger partial charge is 0.185 e. The van der Waals surface area contributed by atoms with Gasteiger partial charge in [0.2, 0.25) is 0 Å². The van der Waals surface area contributed by atoms with Crippen LogP contribution in [0.4, 0.5) is 4.39 Å². The van der Waals surface area contributed by atoms with E-state index in [1.165, 1.54) is 36.1 Å². The summed E-state index contributed by atoms with van der Waals surface area (Å²) in [5.74, 6) is -0.287. The Morgan fingerprint density at radius 1 is 1.48 bits per heavy atom. The fraction of sp³-hybridized carbons (Fsp3) is 0.286. The molecule has 0 amide bonds. The lowest BCUT2D eigenvalue weighted by molar-refractivity contribution is -0.109. The number of benzene rings is 1. The lowest BCUT2D eigenvalue weighted by Crippen LogP contribution is -2.21. The number of hydrogen-bond acceptors (Lipinski definition) is 5. The summed E-state index contributed by atoms with van der Waals surface area (Å²) in [4.78, 5) is 10.8. The normalized spacial score (nSPS) is 13.9. The molecular weight excluding hydrogens is 295 g/mol. The van der Waals surface area contributed by atoms with Crippen molar-refractivity contribution in [3.05, 3.63) is 48.0 Å². The van der Waals surface area contributed by atoms with Crippen LogP contribution in [-0.4, -0.2) is 37.0 Å². The molecule has 1 heterocycles. The van der Waals surface area contributed by atoms with Gasteiger partial charge in [0.15, 0.2) is 5.12 Å². The number of aromatic nitrogens is 2. The van der Waals surface area contributed by atoms with Crippen molar-refractivity contribution in [1.29, 1.82) is 0 Å². The largest absolute Gasteiger partial charge is 0.389 e. The number of nitrogens with zero attached hydrogens (tertiary/aromatic N) is 2. The Labute approximate surface area is 125 Å². The molecule has 0 radical (unpaired) electrons. The Bertz CT molecular complexity index is 632. The highest BCUT2D eigenvalue weighted by atomic mass is 32.2. The van der Waals surface area contributed by atoms with Crippen molar-refractivity contribution in [2.24, 2.45) is 0 Å². The molecule has 0 fully saturated rings. The first-order valence-corrected chi connectivity index (χ1v) is 7.26. The van der Waals surface area contributed by atoms with E-state index in [-0.39, 0.29) is 16.7 Å². The number of aliphatic hydroxyl groups excluding tert-OH is 2. The van der Waals surface area contributed by atoms with Crippen LogP contribution < -0.4 is 0 Å². The van der Waals surface area contributed by atoms with Crippen molar-refractivity contribution in [3.8, 4) is 5.69 Å². The van der Waals surface area contributed by atoms with Gasteiger partial charge in [-0.2, -0.15) is 5.10 Å². The first-order valence-electron chi connectivity index (χ1n) is 6.27. The minimum absolute atomic E-state index is 0.0989. The van der Waals surface area contributed by atoms with Gasteiger partial charge in [0, 0.05) is 24.4 Å². The molecule has 0 saturated carbocycles. The predicted molar refractivity (Wildman–Crippen MR) is 77.6 cm³/mol. The maximum absolute atomic E-state index is 13.2. The van der Waals surface area contributed by atoms with E-state index < -0.39 is 12.2 Å². The zero-order valence-electron chi connectivity index (χ0n) is 11.3. The van der Waals surface area contributed by atoms with Gasteiger partial charge in [0.25, 0.3) is 0 Å². The van der Waals surface area contributed by atoms with E-state index in [2.05, 4.69) is 5.10 Å².